The first kappa shape index (κ1) is 18.3. The minimum absolute atomic E-state index is 0.141. The third kappa shape index (κ3) is 3.43. The van der Waals surface area contributed by atoms with Crippen molar-refractivity contribution in [1.82, 2.24) is 24.5 Å². The van der Waals surface area contributed by atoms with Crippen LogP contribution in [0.5, 0.6) is 0 Å². The van der Waals surface area contributed by atoms with Crippen LogP contribution in [0.15, 0.2) is 48.9 Å². The molecule has 0 aliphatic heterocycles. The van der Waals surface area contributed by atoms with Crippen molar-refractivity contribution >= 4 is 28.9 Å². The van der Waals surface area contributed by atoms with Crippen LogP contribution in [-0.2, 0) is 11.8 Å². The number of aryl methyl sites for hydroxylation is 1. The molecule has 1 aromatic carbocycles. The van der Waals surface area contributed by atoms with Crippen LogP contribution in [0.25, 0.3) is 28.5 Å². The van der Waals surface area contributed by atoms with Crippen LogP contribution in [0.3, 0.4) is 0 Å². The van der Waals surface area contributed by atoms with Crippen LogP contribution in [0.2, 0.25) is 0 Å². The zero-order chi connectivity index (χ0) is 20.5. The molecular weight excluding hydrogens is 368 g/mol. The predicted molar refractivity (Wildman–Crippen MR) is 109 cm³/mol. The first-order valence-electron chi connectivity index (χ1n) is 8.89. The van der Waals surface area contributed by atoms with E-state index in [0.717, 1.165) is 11.3 Å². The molecule has 0 fully saturated rings. The number of aromatic nitrogens is 5. The van der Waals surface area contributed by atoms with Crippen molar-refractivity contribution in [3.8, 4) is 11.3 Å². The van der Waals surface area contributed by atoms with Crippen LogP contribution < -0.4 is 5.73 Å². The number of aromatic amines is 1. The van der Waals surface area contributed by atoms with Gasteiger partial charge >= 0.3 is 0 Å². The lowest BCUT2D eigenvalue weighted by Crippen LogP contribution is -2.09. The Kier molecular flexibility index (Phi) is 4.52. The lowest BCUT2D eigenvalue weighted by molar-refractivity contribution is -0.113. The second kappa shape index (κ2) is 7.16. The van der Waals surface area contributed by atoms with Gasteiger partial charge in [0.2, 0.25) is 11.7 Å². The molecule has 3 N–H and O–H groups in total. The fourth-order valence-electron chi connectivity index (χ4n) is 2.98. The number of nitrogens with two attached hydrogens (primary N) is 1. The van der Waals surface area contributed by atoms with Crippen molar-refractivity contribution in [2.75, 3.05) is 0 Å². The van der Waals surface area contributed by atoms with Gasteiger partial charge in [0.15, 0.2) is 11.5 Å². The van der Waals surface area contributed by atoms with E-state index in [-0.39, 0.29) is 5.78 Å². The van der Waals surface area contributed by atoms with Crippen LogP contribution in [0.4, 0.5) is 0 Å². The van der Waals surface area contributed by atoms with Crippen LogP contribution in [-0.4, -0.2) is 36.2 Å². The van der Waals surface area contributed by atoms with Crippen molar-refractivity contribution < 1.29 is 9.59 Å². The van der Waals surface area contributed by atoms with Crippen molar-refractivity contribution in [3.05, 3.63) is 71.6 Å². The summed E-state index contributed by atoms with van der Waals surface area (Å²) in [4.78, 5) is 39.9. The van der Waals surface area contributed by atoms with E-state index in [1.165, 1.54) is 6.08 Å². The van der Waals surface area contributed by atoms with Gasteiger partial charge in [-0.3, -0.25) is 9.59 Å². The Bertz CT molecular complexity index is 1260. The number of amides is 1. The number of hydrogen-bond acceptors (Lipinski definition) is 5. The van der Waals surface area contributed by atoms with Gasteiger partial charge in [0.05, 0.1) is 11.9 Å². The molecule has 0 aliphatic rings. The zero-order valence-electron chi connectivity index (χ0n) is 15.9. The molecule has 8 heteroatoms. The molecule has 0 saturated heterocycles. The summed E-state index contributed by atoms with van der Waals surface area (Å²) in [7, 11) is 1.82. The third-order valence-electron chi connectivity index (χ3n) is 4.70. The van der Waals surface area contributed by atoms with Gasteiger partial charge in [-0.05, 0) is 13.0 Å². The molecule has 0 atom stereocenters. The fourth-order valence-corrected chi connectivity index (χ4v) is 2.98. The molecule has 3 aromatic heterocycles. The normalized spacial score (nSPS) is 11.4. The van der Waals surface area contributed by atoms with Gasteiger partial charge in [-0.25, -0.2) is 15.0 Å². The third-order valence-corrected chi connectivity index (χ3v) is 4.70. The second-order valence-electron chi connectivity index (χ2n) is 6.62. The smallest absolute Gasteiger partial charge is 0.241 e. The summed E-state index contributed by atoms with van der Waals surface area (Å²) in [6.07, 6.45) is 7.91. The van der Waals surface area contributed by atoms with E-state index in [9.17, 15) is 9.59 Å². The highest BCUT2D eigenvalue weighted by molar-refractivity contribution is 6.07. The van der Waals surface area contributed by atoms with E-state index in [2.05, 4.69) is 19.9 Å². The molecular formula is C21H18N6O2. The number of fused-ring (bicyclic) bond motifs is 1. The Morgan fingerprint density at radius 1 is 1.14 bits per heavy atom. The van der Waals surface area contributed by atoms with Crippen LogP contribution >= 0.6 is 0 Å². The number of benzene rings is 1. The molecule has 0 unspecified atom stereocenters. The molecule has 0 bridgehead atoms. The number of carbonyl (C=O) groups excluding carboxylic acids is 2. The van der Waals surface area contributed by atoms with Gasteiger partial charge in [0.1, 0.15) is 5.52 Å². The summed E-state index contributed by atoms with van der Waals surface area (Å²) in [6, 6.07) is 7.14. The molecule has 3 heterocycles. The lowest BCUT2D eigenvalue weighted by Gasteiger charge is -2.05. The number of nitrogens with one attached hydrogen (secondary N) is 1. The monoisotopic (exact) mass is 386 g/mol. The van der Waals surface area contributed by atoms with Gasteiger partial charge in [-0.2, -0.15) is 0 Å². The highest BCUT2D eigenvalue weighted by Crippen LogP contribution is 2.23. The topological polar surface area (TPSA) is 120 Å². The first-order chi connectivity index (χ1) is 13.9. The van der Waals surface area contributed by atoms with E-state index < -0.39 is 5.91 Å². The summed E-state index contributed by atoms with van der Waals surface area (Å²) < 4.78 is 1.77. The Balaban J connectivity index is 1.66. The molecule has 144 valence electrons. The van der Waals surface area contributed by atoms with Crippen molar-refractivity contribution in [1.29, 1.82) is 0 Å². The Labute approximate surface area is 166 Å². The Hall–Kier alpha value is -4.07. The summed E-state index contributed by atoms with van der Waals surface area (Å²) in [6.45, 7) is 1.90. The van der Waals surface area contributed by atoms with Gasteiger partial charge in [0, 0.05) is 47.9 Å². The molecule has 0 spiro atoms. The number of rotatable bonds is 5. The van der Waals surface area contributed by atoms with Crippen LogP contribution in [0.1, 0.15) is 27.4 Å². The average molecular weight is 386 g/mol. The van der Waals surface area contributed by atoms with Gasteiger partial charge in [0.25, 0.3) is 0 Å². The number of carbonyl (C=O) groups is 2. The number of ketones is 1. The van der Waals surface area contributed by atoms with E-state index in [0.29, 0.717) is 33.8 Å². The van der Waals surface area contributed by atoms with Crippen LogP contribution in [0, 0.1) is 6.92 Å². The van der Waals surface area contributed by atoms with Gasteiger partial charge < -0.3 is 15.3 Å². The van der Waals surface area contributed by atoms with Gasteiger partial charge in [-0.1, -0.05) is 24.3 Å². The summed E-state index contributed by atoms with van der Waals surface area (Å²) in [5.74, 6) is -0.278. The molecule has 0 aliphatic carbocycles. The highest BCUT2D eigenvalue weighted by atomic mass is 16.1. The number of imidazole rings is 1. The number of nitrogens with zero attached hydrogens (tertiary/aromatic N) is 4. The minimum Gasteiger partial charge on any atom is -0.366 e. The highest BCUT2D eigenvalue weighted by Gasteiger charge is 2.15. The van der Waals surface area contributed by atoms with E-state index in [4.69, 9.17) is 5.73 Å². The standard InChI is InChI=1S/C21H18N6O2/c1-12-9-25-21(27(12)2)19(29)14-5-3-13(4-6-14)16-11-24-20-18(26-16)15(10-23-20)7-8-17(22)28/h3-11H,1-2H3,(H2,22,28)(H,23,24)/b8-7+. The number of H-pyrrole nitrogens is 1. The molecule has 8 nitrogen and oxygen atoms in total. The maximum Gasteiger partial charge on any atom is 0.241 e. The molecule has 0 radical (unpaired) electrons. The van der Waals surface area contributed by atoms with E-state index in [1.54, 1.807) is 41.4 Å². The minimum atomic E-state index is -0.536. The number of hydrogen-bond donors (Lipinski definition) is 2. The average Bonchev–Trinajstić information content (AvgIpc) is 3.28. The second-order valence-corrected chi connectivity index (χ2v) is 6.62. The molecule has 29 heavy (non-hydrogen) atoms. The quantitative estimate of drug-likeness (QED) is 0.403. The predicted octanol–water partition coefficient (Wildman–Crippen LogP) is 2.40. The Morgan fingerprint density at radius 2 is 1.90 bits per heavy atom. The summed E-state index contributed by atoms with van der Waals surface area (Å²) >= 11 is 0. The summed E-state index contributed by atoms with van der Waals surface area (Å²) in [5.41, 5.74) is 10.0. The molecule has 4 rings (SSSR count). The van der Waals surface area contributed by atoms with E-state index in [1.807, 2.05) is 26.1 Å². The van der Waals surface area contributed by atoms with Gasteiger partial charge in [-0.15, -0.1) is 0 Å². The molecule has 0 saturated carbocycles. The SMILES string of the molecule is Cc1cnc(C(=O)c2ccc(-c3cnc4[nH]cc(/C=C/C(N)=O)c4n3)cc2)n1C. The molecule has 4 aromatic rings. The zero-order valence-corrected chi connectivity index (χ0v) is 15.9. The van der Waals surface area contributed by atoms with Crippen molar-refractivity contribution in [2.45, 2.75) is 6.92 Å². The largest absolute Gasteiger partial charge is 0.366 e. The maximum atomic E-state index is 12.7. The first-order valence-corrected chi connectivity index (χ1v) is 8.89. The lowest BCUT2D eigenvalue weighted by atomic mass is 10.1. The maximum absolute atomic E-state index is 12.7. The summed E-state index contributed by atoms with van der Waals surface area (Å²) in [5, 5.41) is 0. The van der Waals surface area contributed by atoms with Crippen molar-refractivity contribution in [2.24, 2.45) is 12.8 Å². The molecule has 1 amide bonds. The van der Waals surface area contributed by atoms with Crippen molar-refractivity contribution in [3.63, 3.8) is 0 Å². The fraction of sp³-hybridized carbons (Fsp3) is 0.0952. The number of primary amides is 1. The Morgan fingerprint density at radius 3 is 2.55 bits per heavy atom. The van der Waals surface area contributed by atoms with E-state index >= 15 is 0 Å².